The molecular weight excluding hydrogens is 290 g/mol. The summed E-state index contributed by atoms with van der Waals surface area (Å²) in [5.74, 6) is 1.88. The molecule has 1 atom stereocenters. The molecule has 0 aliphatic carbocycles. The van der Waals surface area contributed by atoms with Gasteiger partial charge < -0.3 is 10.5 Å². The number of hydrogen-bond acceptors (Lipinski definition) is 5. The minimum atomic E-state index is -0.265. The number of nitrogens with zero attached hydrogens (tertiary/aromatic N) is 3. The van der Waals surface area contributed by atoms with Crippen LogP contribution in [0.15, 0.2) is 53.5 Å². The third-order valence-electron chi connectivity index (χ3n) is 3.81. The van der Waals surface area contributed by atoms with Crippen LogP contribution in [0.25, 0.3) is 11.0 Å². The van der Waals surface area contributed by atoms with Crippen LogP contribution in [0.3, 0.4) is 0 Å². The Kier molecular flexibility index (Phi) is 3.15. The Morgan fingerprint density at radius 3 is 2.96 bits per heavy atom. The maximum Gasteiger partial charge on any atom is 0.212 e. The third-order valence-corrected chi connectivity index (χ3v) is 3.81. The number of fused-ring (bicyclic) bond motifs is 3. The number of rotatable bonds is 3. The van der Waals surface area contributed by atoms with E-state index in [0.717, 1.165) is 22.3 Å². The van der Waals surface area contributed by atoms with Gasteiger partial charge in [-0.25, -0.2) is 9.98 Å². The van der Waals surface area contributed by atoms with Gasteiger partial charge >= 0.3 is 0 Å². The molecule has 4 rings (SSSR count). The van der Waals surface area contributed by atoms with E-state index in [0.29, 0.717) is 18.5 Å². The van der Waals surface area contributed by atoms with E-state index < -0.39 is 0 Å². The van der Waals surface area contributed by atoms with Crippen LogP contribution in [-0.2, 0) is 0 Å². The number of aliphatic imine (C=N–C) groups is 1. The van der Waals surface area contributed by atoms with E-state index in [-0.39, 0.29) is 6.17 Å². The highest BCUT2D eigenvalue weighted by Crippen LogP contribution is 2.33. The van der Waals surface area contributed by atoms with Crippen molar-refractivity contribution in [2.24, 2.45) is 10.7 Å². The number of imidazole rings is 1. The van der Waals surface area contributed by atoms with Crippen molar-refractivity contribution in [1.29, 1.82) is 0 Å². The van der Waals surface area contributed by atoms with E-state index >= 15 is 0 Å². The molecule has 6 heteroatoms. The van der Waals surface area contributed by atoms with Gasteiger partial charge in [0.15, 0.2) is 12.1 Å². The molecule has 0 saturated carbocycles. The lowest BCUT2D eigenvalue weighted by atomic mass is 10.1. The molecule has 1 aromatic heterocycles. The lowest BCUT2D eigenvalue weighted by Gasteiger charge is -2.24. The van der Waals surface area contributed by atoms with Crippen molar-refractivity contribution in [1.82, 2.24) is 9.55 Å². The van der Waals surface area contributed by atoms with Crippen molar-refractivity contribution in [3.05, 3.63) is 54.1 Å². The summed E-state index contributed by atoms with van der Waals surface area (Å²) in [6.07, 6.45) is -0.265. The van der Waals surface area contributed by atoms with Gasteiger partial charge in [0.1, 0.15) is 5.75 Å². The fourth-order valence-electron chi connectivity index (χ4n) is 2.87. The standard InChI is InChI=1S/C17H17N5O/c1-2-23-12-7-5-6-11(10-12)15-20-16(18)21-17-19-13-8-3-4-9-14(13)22(15)17/h3-10,15H,2H2,1H3,(H3,18,19,20,21). The number of guanidine groups is 1. The highest BCUT2D eigenvalue weighted by atomic mass is 16.5. The van der Waals surface area contributed by atoms with Crippen LogP contribution in [0.5, 0.6) is 5.75 Å². The van der Waals surface area contributed by atoms with Crippen molar-refractivity contribution in [3.63, 3.8) is 0 Å². The van der Waals surface area contributed by atoms with Crippen LogP contribution in [0, 0.1) is 0 Å². The predicted molar refractivity (Wildman–Crippen MR) is 90.7 cm³/mol. The smallest absolute Gasteiger partial charge is 0.212 e. The molecule has 0 saturated heterocycles. The quantitative estimate of drug-likeness (QED) is 0.780. The summed E-state index contributed by atoms with van der Waals surface area (Å²) >= 11 is 0. The average Bonchev–Trinajstić information content (AvgIpc) is 2.92. The zero-order valence-electron chi connectivity index (χ0n) is 12.7. The molecular formula is C17H17N5O. The van der Waals surface area contributed by atoms with Gasteiger partial charge in [-0.3, -0.25) is 9.88 Å². The summed E-state index contributed by atoms with van der Waals surface area (Å²) < 4.78 is 7.65. The zero-order valence-corrected chi connectivity index (χ0v) is 12.7. The second kappa shape index (κ2) is 5.31. The maximum atomic E-state index is 5.95. The second-order valence-corrected chi connectivity index (χ2v) is 5.31. The Hall–Kier alpha value is -3.02. The first kappa shape index (κ1) is 13.6. The fourth-order valence-corrected chi connectivity index (χ4v) is 2.87. The summed E-state index contributed by atoms with van der Waals surface area (Å²) in [5.41, 5.74) is 8.87. The number of nitrogens with two attached hydrogens (primary N) is 1. The van der Waals surface area contributed by atoms with Gasteiger partial charge in [-0.05, 0) is 31.2 Å². The number of aromatic nitrogens is 2. The van der Waals surface area contributed by atoms with E-state index in [1.807, 2.05) is 55.5 Å². The molecule has 0 bridgehead atoms. The molecule has 116 valence electrons. The zero-order chi connectivity index (χ0) is 15.8. The number of hydrogen-bond donors (Lipinski definition) is 2. The van der Waals surface area contributed by atoms with Gasteiger partial charge in [0.05, 0.1) is 17.6 Å². The lowest BCUT2D eigenvalue weighted by Crippen LogP contribution is -2.31. The van der Waals surface area contributed by atoms with Crippen LogP contribution < -0.4 is 15.8 Å². The van der Waals surface area contributed by atoms with E-state index in [2.05, 4.69) is 19.9 Å². The van der Waals surface area contributed by atoms with Crippen LogP contribution in [-0.4, -0.2) is 22.1 Å². The molecule has 0 spiro atoms. The lowest BCUT2D eigenvalue weighted by molar-refractivity contribution is 0.339. The molecule has 1 aliphatic heterocycles. The van der Waals surface area contributed by atoms with Gasteiger partial charge in [-0.1, -0.05) is 24.3 Å². The number of para-hydroxylation sites is 2. The molecule has 2 aromatic carbocycles. The molecule has 0 fully saturated rings. The molecule has 23 heavy (non-hydrogen) atoms. The topological polar surface area (TPSA) is 77.5 Å². The second-order valence-electron chi connectivity index (χ2n) is 5.31. The van der Waals surface area contributed by atoms with Gasteiger partial charge in [0.25, 0.3) is 0 Å². The Bertz CT molecular complexity index is 899. The molecule has 0 radical (unpaired) electrons. The summed E-state index contributed by atoms with van der Waals surface area (Å²) in [6, 6.07) is 15.9. The van der Waals surface area contributed by atoms with Crippen LogP contribution >= 0.6 is 0 Å². The van der Waals surface area contributed by atoms with E-state index in [1.165, 1.54) is 0 Å². The van der Waals surface area contributed by atoms with Crippen molar-refractivity contribution < 1.29 is 4.74 Å². The SMILES string of the molecule is CCOc1cccc(C2N=C(N)Nc3nc4ccccc4n32)c1. The number of benzene rings is 2. The van der Waals surface area contributed by atoms with E-state index in [1.54, 1.807) is 0 Å². The van der Waals surface area contributed by atoms with Gasteiger partial charge in [0.2, 0.25) is 5.95 Å². The molecule has 2 heterocycles. The van der Waals surface area contributed by atoms with Gasteiger partial charge in [-0.15, -0.1) is 0 Å². The molecule has 3 N–H and O–H groups in total. The fraction of sp³-hybridized carbons (Fsp3) is 0.176. The van der Waals surface area contributed by atoms with E-state index in [9.17, 15) is 0 Å². The van der Waals surface area contributed by atoms with Crippen molar-refractivity contribution in [2.75, 3.05) is 11.9 Å². The van der Waals surface area contributed by atoms with Crippen molar-refractivity contribution in [2.45, 2.75) is 13.1 Å². The van der Waals surface area contributed by atoms with E-state index in [4.69, 9.17) is 10.5 Å². The normalized spacial score (nSPS) is 16.6. The third kappa shape index (κ3) is 2.28. The Morgan fingerprint density at radius 1 is 1.22 bits per heavy atom. The van der Waals surface area contributed by atoms with Crippen LogP contribution in [0.1, 0.15) is 18.7 Å². The average molecular weight is 307 g/mol. The number of ether oxygens (including phenoxy) is 1. The summed E-state index contributed by atoms with van der Waals surface area (Å²) in [6.45, 7) is 2.59. The predicted octanol–water partition coefficient (Wildman–Crippen LogP) is 2.72. The Balaban J connectivity index is 1.88. The minimum absolute atomic E-state index is 0.265. The number of anilines is 1. The molecule has 6 nitrogen and oxygen atoms in total. The summed E-state index contributed by atoms with van der Waals surface area (Å²) in [5, 5.41) is 3.04. The van der Waals surface area contributed by atoms with Gasteiger partial charge in [-0.2, -0.15) is 0 Å². The Labute approximate surface area is 133 Å². The van der Waals surface area contributed by atoms with Gasteiger partial charge in [0, 0.05) is 5.56 Å². The first-order valence-corrected chi connectivity index (χ1v) is 7.56. The monoisotopic (exact) mass is 307 g/mol. The Morgan fingerprint density at radius 2 is 2.09 bits per heavy atom. The molecule has 3 aromatic rings. The summed E-state index contributed by atoms with van der Waals surface area (Å²) in [7, 11) is 0. The summed E-state index contributed by atoms with van der Waals surface area (Å²) in [4.78, 5) is 9.17. The molecule has 1 aliphatic rings. The van der Waals surface area contributed by atoms with Crippen LogP contribution in [0.4, 0.5) is 5.95 Å². The number of nitrogens with one attached hydrogen (secondary N) is 1. The first-order chi connectivity index (χ1) is 11.3. The first-order valence-electron chi connectivity index (χ1n) is 7.56. The minimum Gasteiger partial charge on any atom is -0.494 e. The molecule has 1 unspecified atom stereocenters. The highest BCUT2D eigenvalue weighted by Gasteiger charge is 2.25. The highest BCUT2D eigenvalue weighted by molar-refractivity contribution is 5.94. The molecule has 0 amide bonds. The maximum absolute atomic E-state index is 5.95. The van der Waals surface area contributed by atoms with Crippen molar-refractivity contribution in [3.8, 4) is 5.75 Å². The van der Waals surface area contributed by atoms with Crippen LogP contribution in [0.2, 0.25) is 0 Å². The van der Waals surface area contributed by atoms with Crippen molar-refractivity contribution >= 4 is 22.9 Å². The largest absolute Gasteiger partial charge is 0.494 e.